The molecule has 2 aromatic rings. The summed E-state index contributed by atoms with van der Waals surface area (Å²) in [7, 11) is 0. The number of esters is 2. The highest BCUT2D eigenvalue weighted by Crippen LogP contribution is 2.27. The molecule has 0 aliphatic carbocycles. The standard InChI is InChI=1S/C18H21NO5/c1-3-22-17(20)14-8-6-5-7-13(14)16-10-9-12(24-16)11-15(19)18(21)23-4-2/h5-10,15H,3-4,11,19H2,1-2H3. The van der Waals surface area contributed by atoms with E-state index in [1.807, 2.05) is 6.07 Å². The second-order valence-corrected chi connectivity index (χ2v) is 5.09. The Morgan fingerprint density at radius 3 is 2.50 bits per heavy atom. The number of carbonyl (C=O) groups excluding carboxylic acids is 2. The van der Waals surface area contributed by atoms with E-state index in [0.29, 0.717) is 29.3 Å². The van der Waals surface area contributed by atoms with Gasteiger partial charge in [0.05, 0.1) is 18.8 Å². The minimum atomic E-state index is -0.788. The summed E-state index contributed by atoms with van der Waals surface area (Å²) in [5, 5.41) is 0. The summed E-state index contributed by atoms with van der Waals surface area (Å²) in [6.07, 6.45) is 0.223. The Kier molecular flexibility index (Phi) is 6.14. The fraction of sp³-hybridized carbons (Fsp3) is 0.333. The van der Waals surface area contributed by atoms with E-state index in [4.69, 9.17) is 19.6 Å². The van der Waals surface area contributed by atoms with E-state index < -0.39 is 18.0 Å². The number of rotatable bonds is 7. The van der Waals surface area contributed by atoms with Gasteiger partial charge in [0.1, 0.15) is 17.6 Å². The molecule has 0 spiro atoms. The average Bonchev–Trinajstić information content (AvgIpc) is 3.03. The van der Waals surface area contributed by atoms with Gasteiger partial charge in [0.15, 0.2) is 0 Å². The maximum absolute atomic E-state index is 12.0. The largest absolute Gasteiger partial charge is 0.465 e. The normalized spacial score (nSPS) is 11.8. The molecule has 6 heteroatoms. The lowest BCUT2D eigenvalue weighted by molar-refractivity contribution is -0.144. The van der Waals surface area contributed by atoms with Crippen LogP contribution in [-0.4, -0.2) is 31.2 Å². The van der Waals surface area contributed by atoms with E-state index in [2.05, 4.69) is 0 Å². The predicted octanol–water partition coefficient (Wildman–Crippen LogP) is 2.56. The predicted molar refractivity (Wildman–Crippen MR) is 88.4 cm³/mol. The van der Waals surface area contributed by atoms with E-state index in [1.54, 1.807) is 44.2 Å². The molecule has 1 atom stereocenters. The van der Waals surface area contributed by atoms with Crippen LogP contribution in [-0.2, 0) is 20.7 Å². The van der Waals surface area contributed by atoms with Crippen LogP contribution in [0.5, 0.6) is 0 Å². The maximum atomic E-state index is 12.0. The Balaban J connectivity index is 2.19. The molecule has 0 radical (unpaired) electrons. The van der Waals surface area contributed by atoms with E-state index in [0.717, 1.165) is 0 Å². The Bertz CT molecular complexity index is 707. The molecular weight excluding hydrogens is 310 g/mol. The molecule has 0 bridgehead atoms. The minimum absolute atomic E-state index is 0.223. The van der Waals surface area contributed by atoms with Gasteiger partial charge in [0.2, 0.25) is 0 Å². The fourth-order valence-corrected chi connectivity index (χ4v) is 2.27. The number of nitrogens with two attached hydrogens (primary N) is 1. The van der Waals surface area contributed by atoms with Gasteiger partial charge in [-0.3, -0.25) is 4.79 Å². The number of ether oxygens (including phenoxy) is 2. The van der Waals surface area contributed by atoms with Crippen LogP contribution in [0.3, 0.4) is 0 Å². The summed E-state index contributed by atoms with van der Waals surface area (Å²) in [6.45, 7) is 4.05. The first-order chi connectivity index (χ1) is 11.6. The number of benzene rings is 1. The highest BCUT2D eigenvalue weighted by Gasteiger charge is 2.19. The zero-order valence-corrected chi connectivity index (χ0v) is 13.8. The lowest BCUT2D eigenvalue weighted by Crippen LogP contribution is -2.34. The van der Waals surface area contributed by atoms with Crippen LogP contribution in [0.1, 0.15) is 30.0 Å². The third kappa shape index (κ3) is 4.23. The van der Waals surface area contributed by atoms with Gasteiger partial charge in [-0.15, -0.1) is 0 Å². The van der Waals surface area contributed by atoms with Gasteiger partial charge in [0, 0.05) is 12.0 Å². The van der Waals surface area contributed by atoms with Crippen LogP contribution in [0.25, 0.3) is 11.3 Å². The number of hydrogen-bond donors (Lipinski definition) is 1. The lowest BCUT2D eigenvalue weighted by atomic mass is 10.1. The highest BCUT2D eigenvalue weighted by molar-refractivity contribution is 5.96. The molecule has 128 valence electrons. The first-order valence-corrected chi connectivity index (χ1v) is 7.84. The molecular formula is C18H21NO5. The van der Waals surface area contributed by atoms with Crippen molar-refractivity contribution < 1.29 is 23.5 Å². The van der Waals surface area contributed by atoms with E-state index >= 15 is 0 Å². The zero-order chi connectivity index (χ0) is 17.5. The van der Waals surface area contributed by atoms with Crippen molar-refractivity contribution in [2.45, 2.75) is 26.3 Å². The van der Waals surface area contributed by atoms with Gasteiger partial charge >= 0.3 is 11.9 Å². The van der Waals surface area contributed by atoms with Crippen LogP contribution in [0.4, 0.5) is 0 Å². The van der Waals surface area contributed by atoms with Crippen molar-refractivity contribution in [3.8, 4) is 11.3 Å². The molecule has 0 fully saturated rings. The molecule has 24 heavy (non-hydrogen) atoms. The molecule has 0 aliphatic heterocycles. The molecule has 6 nitrogen and oxygen atoms in total. The highest BCUT2D eigenvalue weighted by atomic mass is 16.5. The molecule has 1 heterocycles. The van der Waals surface area contributed by atoms with E-state index in [1.165, 1.54) is 0 Å². The van der Waals surface area contributed by atoms with Crippen molar-refractivity contribution in [2.75, 3.05) is 13.2 Å². The van der Waals surface area contributed by atoms with E-state index in [-0.39, 0.29) is 13.0 Å². The summed E-state index contributed by atoms with van der Waals surface area (Å²) < 4.78 is 15.7. The molecule has 0 saturated carbocycles. The third-order valence-electron chi connectivity index (χ3n) is 3.36. The smallest absolute Gasteiger partial charge is 0.338 e. The quantitative estimate of drug-likeness (QED) is 0.784. The summed E-state index contributed by atoms with van der Waals surface area (Å²) in [4.78, 5) is 23.6. The molecule has 0 aliphatic rings. The number of carbonyl (C=O) groups is 2. The van der Waals surface area contributed by atoms with Crippen LogP contribution in [0.15, 0.2) is 40.8 Å². The molecule has 2 rings (SSSR count). The number of furan rings is 1. The van der Waals surface area contributed by atoms with Crippen LogP contribution >= 0.6 is 0 Å². The van der Waals surface area contributed by atoms with Gasteiger partial charge < -0.3 is 19.6 Å². The van der Waals surface area contributed by atoms with Gasteiger partial charge in [-0.1, -0.05) is 18.2 Å². The van der Waals surface area contributed by atoms with Gasteiger partial charge in [-0.05, 0) is 32.0 Å². The van der Waals surface area contributed by atoms with Crippen molar-refractivity contribution in [3.05, 3.63) is 47.7 Å². The molecule has 1 aromatic carbocycles. The Morgan fingerprint density at radius 1 is 1.08 bits per heavy atom. The van der Waals surface area contributed by atoms with Crippen molar-refractivity contribution >= 4 is 11.9 Å². The first kappa shape index (κ1) is 17.7. The second-order valence-electron chi connectivity index (χ2n) is 5.09. The summed E-state index contributed by atoms with van der Waals surface area (Å²) >= 11 is 0. The summed E-state index contributed by atoms with van der Waals surface area (Å²) in [5.74, 6) is 0.186. The number of hydrogen-bond acceptors (Lipinski definition) is 6. The third-order valence-corrected chi connectivity index (χ3v) is 3.36. The fourth-order valence-electron chi connectivity index (χ4n) is 2.27. The maximum Gasteiger partial charge on any atom is 0.338 e. The Hall–Kier alpha value is -2.60. The molecule has 1 unspecified atom stereocenters. The van der Waals surface area contributed by atoms with Crippen LogP contribution < -0.4 is 5.73 Å². The van der Waals surface area contributed by atoms with Crippen molar-refractivity contribution in [1.82, 2.24) is 0 Å². The van der Waals surface area contributed by atoms with Crippen molar-refractivity contribution in [1.29, 1.82) is 0 Å². The lowest BCUT2D eigenvalue weighted by Gasteiger charge is -2.09. The van der Waals surface area contributed by atoms with E-state index in [9.17, 15) is 9.59 Å². The summed E-state index contributed by atoms with van der Waals surface area (Å²) in [6, 6.07) is 9.71. The van der Waals surface area contributed by atoms with Crippen molar-refractivity contribution in [2.24, 2.45) is 5.73 Å². The average molecular weight is 331 g/mol. The summed E-state index contributed by atoms with van der Waals surface area (Å²) in [5.41, 5.74) is 6.85. The second kappa shape index (κ2) is 8.31. The van der Waals surface area contributed by atoms with Gasteiger partial charge in [-0.2, -0.15) is 0 Å². The minimum Gasteiger partial charge on any atom is -0.465 e. The Morgan fingerprint density at radius 2 is 1.79 bits per heavy atom. The zero-order valence-electron chi connectivity index (χ0n) is 13.8. The van der Waals surface area contributed by atoms with Crippen LogP contribution in [0.2, 0.25) is 0 Å². The van der Waals surface area contributed by atoms with Crippen molar-refractivity contribution in [3.63, 3.8) is 0 Å². The Labute approximate surface area is 140 Å². The monoisotopic (exact) mass is 331 g/mol. The molecule has 0 saturated heterocycles. The van der Waals surface area contributed by atoms with Crippen LogP contribution in [0, 0.1) is 0 Å². The van der Waals surface area contributed by atoms with Gasteiger partial charge in [0.25, 0.3) is 0 Å². The molecule has 0 amide bonds. The molecule has 2 N–H and O–H groups in total. The molecule has 1 aromatic heterocycles. The van der Waals surface area contributed by atoms with Gasteiger partial charge in [-0.25, -0.2) is 4.79 Å². The topological polar surface area (TPSA) is 91.8 Å². The first-order valence-electron chi connectivity index (χ1n) is 7.84. The SMILES string of the molecule is CCOC(=O)c1ccccc1-c1ccc(CC(N)C(=O)OCC)o1.